The van der Waals surface area contributed by atoms with Crippen LogP contribution in [0, 0.1) is 0 Å². The van der Waals surface area contributed by atoms with Crippen molar-refractivity contribution in [3.63, 3.8) is 0 Å². The van der Waals surface area contributed by atoms with E-state index >= 15 is 0 Å². The Morgan fingerprint density at radius 1 is 0.636 bits per heavy atom. The highest BCUT2D eigenvalue weighted by atomic mass is 16.3. The lowest BCUT2D eigenvalue weighted by molar-refractivity contribution is 0.393. The van der Waals surface area contributed by atoms with E-state index in [1.165, 1.54) is 31.2 Å². The van der Waals surface area contributed by atoms with Crippen LogP contribution < -0.4 is 0 Å². The average Bonchev–Trinajstić information content (AvgIpc) is 2.52. The smallest absolute Gasteiger partial charge is 0.161 e. The molecule has 1 rings (SSSR count). The number of hydrogen-bond donors (Lipinski definition) is 2. The summed E-state index contributed by atoms with van der Waals surface area (Å²) in [6.45, 7) is 6.55. The lowest BCUT2D eigenvalue weighted by Crippen LogP contribution is -2.00. The molecule has 0 fully saturated rings. The number of phenolic OH excluding ortho intramolecular Hbond substituents is 2. The van der Waals surface area contributed by atoms with E-state index in [-0.39, 0.29) is 11.5 Å². The summed E-state index contributed by atoms with van der Waals surface area (Å²) >= 11 is 0. The zero-order valence-corrected chi connectivity index (χ0v) is 14.7. The van der Waals surface area contributed by atoms with Gasteiger partial charge in [0.1, 0.15) is 0 Å². The molecular formula is C20H34O2. The van der Waals surface area contributed by atoms with E-state index < -0.39 is 0 Å². The third-order valence-electron chi connectivity index (χ3n) is 4.43. The summed E-state index contributed by atoms with van der Waals surface area (Å²) in [5, 5.41) is 20.8. The molecule has 0 heterocycles. The zero-order valence-electron chi connectivity index (χ0n) is 14.7. The normalized spacial score (nSPS) is 11.0. The summed E-state index contributed by atoms with van der Waals surface area (Å²) in [6, 6.07) is 2.15. The Hall–Kier alpha value is -1.18. The van der Waals surface area contributed by atoms with E-state index in [0.717, 1.165) is 56.1 Å². The molecule has 1 aromatic carbocycles. The van der Waals surface area contributed by atoms with Gasteiger partial charge in [0, 0.05) is 5.56 Å². The van der Waals surface area contributed by atoms with Crippen LogP contribution in [-0.4, -0.2) is 10.2 Å². The minimum Gasteiger partial charge on any atom is -0.504 e. The Balaban J connectivity index is 3.00. The summed E-state index contributed by atoms with van der Waals surface area (Å²) in [5.41, 5.74) is 3.17. The first-order valence-electron chi connectivity index (χ1n) is 9.21. The topological polar surface area (TPSA) is 40.5 Å². The molecule has 0 aliphatic rings. The van der Waals surface area contributed by atoms with Crippen LogP contribution in [0.3, 0.4) is 0 Å². The van der Waals surface area contributed by atoms with E-state index in [0.29, 0.717) is 0 Å². The molecule has 0 aliphatic carbocycles. The van der Waals surface area contributed by atoms with Gasteiger partial charge < -0.3 is 10.2 Å². The van der Waals surface area contributed by atoms with Gasteiger partial charge in [-0.15, -0.1) is 0 Å². The molecule has 0 spiro atoms. The lowest BCUT2D eigenvalue weighted by atomic mass is 9.92. The number of aryl methyl sites for hydroxylation is 2. The first kappa shape index (κ1) is 18.9. The summed E-state index contributed by atoms with van der Waals surface area (Å²) in [4.78, 5) is 0. The van der Waals surface area contributed by atoms with Gasteiger partial charge in [-0.05, 0) is 49.7 Å². The van der Waals surface area contributed by atoms with Crippen LogP contribution in [0.4, 0.5) is 0 Å². The number of benzene rings is 1. The van der Waals surface area contributed by atoms with Crippen LogP contribution in [-0.2, 0) is 19.3 Å². The summed E-state index contributed by atoms with van der Waals surface area (Å²) in [7, 11) is 0. The summed E-state index contributed by atoms with van der Waals surface area (Å²) in [6.07, 6.45) is 11.9. The van der Waals surface area contributed by atoms with E-state index in [1.54, 1.807) is 0 Å². The highest BCUT2D eigenvalue weighted by Gasteiger charge is 2.16. The molecule has 0 atom stereocenters. The maximum Gasteiger partial charge on any atom is 0.161 e. The predicted octanol–water partition coefficient (Wildman–Crippen LogP) is 5.91. The minimum absolute atomic E-state index is 0.124. The zero-order chi connectivity index (χ0) is 16.4. The van der Waals surface area contributed by atoms with Crippen LogP contribution in [0.15, 0.2) is 6.07 Å². The second-order valence-electron chi connectivity index (χ2n) is 6.39. The Morgan fingerprint density at radius 3 is 1.77 bits per heavy atom. The van der Waals surface area contributed by atoms with Crippen molar-refractivity contribution in [2.75, 3.05) is 0 Å². The Morgan fingerprint density at radius 2 is 1.18 bits per heavy atom. The molecule has 0 bridgehead atoms. The fourth-order valence-electron chi connectivity index (χ4n) is 2.99. The van der Waals surface area contributed by atoms with Gasteiger partial charge in [-0.1, -0.05) is 58.9 Å². The molecule has 126 valence electrons. The molecule has 0 saturated carbocycles. The largest absolute Gasteiger partial charge is 0.504 e. The summed E-state index contributed by atoms with van der Waals surface area (Å²) < 4.78 is 0. The van der Waals surface area contributed by atoms with Crippen molar-refractivity contribution in [3.8, 4) is 11.5 Å². The number of unbranched alkanes of at least 4 members (excludes halogenated alkanes) is 5. The fraction of sp³-hybridized carbons (Fsp3) is 0.700. The van der Waals surface area contributed by atoms with Crippen molar-refractivity contribution in [3.05, 3.63) is 22.8 Å². The van der Waals surface area contributed by atoms with E-state index in [2.05, 4.69) is 26.8 Å². The van der Waals surface area contributed by atoms with Crippen LogP contribution in [0.2, 0.25) is 0 Å². The molecule has 0 saturated heterocycles. The van der Waals surface area contributed by atoms with Crippen LogP contribution in [0.25, 0.3) is 0 Å². The molecule has 2 N–H and O–H groups in total. The average molecular weight is 306 g/mol. The van der Waals surface area contributed by atoms with Crippen LogP contribution in [0.1, 0.15) is 88.8 Å². The molecule has 1 aromatic rings. The van der Waals surface area contributed by atoms with Crippen molar-refractivity contribution >= 4 is 0 Å². The molecule has 0 radical (unpaired) electrons. The van der Waals surface area contributed by atoms with E-state index in [4.69, 9.17) is 0 Å². The Labute approximate surface area is 136 Å². The lowest BCUT2D eigenvalue weighted by Gasteiger charge is -2.16. The predicted molar refractivity (Wildman–Crippen MR) is 94.8 cm³/mol. The molecule has 0 amide bonds. The van der Waals surface area contributed by atoms with E-state index in [1.807, 2.05) is 0 Å². The standard InChI is InChI=1S/C20H34O2/c1-4-7-10-13-16-15-17(12-9-6-3)19(21)20(22)18(16)14-11-8-5-2/h15,21-22H,4-14H2,1-3H3. The molecule has 2 nitrogen and oxygen atoms in total. The molecule has 0 aromatic heterocycles. The Kier molecular flexibility index (Phi) is 9.03. The molecule has 22 heavy (non-hydrogen) atoms. The third kappa shape index (κ3) is 5.55. The molecule has 0 aliphatic heterocycles. The van der Waals surface area contributed by atoms with Gasteiger partial charge >= 0.3 is 0 Å². The van der Waals surface area contributed by atoms with Crippen molar-refractivity contribution < 1.29 is 10.2 Å². The van der Waals surface area contributed by atoms with Gasteiger partial charge in [0.2, 0.25) is 0 Å². The van der Waals surface area contributed by atoms with Crippen molar-refractivity contribution in [1.82, 2.24) is 0 Å². The van der Waals surface area contributed by atoms with Crippen molar-refractivity contribution in [2.45, 2.75) is 91.4 Å². The fourth-order valence-corrected chi connectivity index (χ4v) is 2.99. The van der Waals surface area contributed by atoms with Gasteiger partial charge in [-0.25, -0.2) is 0 Å². The Bertz CT molecular complexity index is 438. The highest BCUT2D eigenvalue weighted by Crippen LogP contribution is 2.37. The van der Waals surface area contributed by atoms with Crippen molar-refractivity contribution in [2.24, 2.45) is 0 Å². The number of phenols is 2. The van der Waals surface area contributed by atoms with Crippen LogP contribution in [0.5, 0.6) is 11.5 Å². The first-order chi connectivity index (χ1) is 10.7. The van der Waals surface area contributed by atoms with Gasteiger partial charge in [0.15, 0.2) is 11.5 Å². The van der Waals surface area contributed by atoms with Gasteiger partial charge in [0.05, 0.1) is 0 Å². The third-order valence-corrected chi connectivity index (χ3v) is 4.43. The monoisotopic (exact) mass is 306 g/mol. The number of hydrogen-bond acceptors (Lipinski definition) is 2. The molecular weight excluding hydrogens is 272 g/mol. The number of aromatic hydroxyl groups is 2. The van der Waals surface area contributed by atoms with Gasteiger partial charge in [-0.3, -0.25) is 0 Å². The highest BCUT2D eigenvalue weighted by molar-refractivity contribution is 5.54. The van der Waals surface area contributed by atoms with E-state index in [9.17, 15) is 10.2 Å². The maximum absolute atomic E-state index is 10.5. The SMILES string of the molecule is CCCCCc1cc(CCCC)c(O)c(O)c1CCCCC. The molecule has 2 heteroatoms. The second kappa shape index (κ2) is 10.5. The first-order valence-corrected chi connectivity index (χ1v) is 9.21. The number of rotatable bonds is 11. The maximum atomic E-state index is 10.5. The molecule has 0 unspecified atom stereocenters. The summed E-state index contributed by atoms with van der Waals surface area (Å²) in [5.74, 6) is 0.274. The minimum atomic E-state index is 0.124. The van der Waals surface area contributed by atoms with Crippen molar-refractivity contribution in [1.29, 1.82) is 0 Å². The quantitative estimate of drug-likeness (QED) is 0.394. The second-order valence-corrected chi connectivity index (χ2v) is 6.39. The van der Waals surface area contributed by atoms with Crippen LogP contribution >= 0.6 is 0 Å². The van der Waals surface area contributed by atoms with Gasteiger partial charge in [-0.2, -0.15) is 0 Å². The van der Waals surface area contributed by atoms with Gasteiger partial charge in [0.25, 0.3) is 0 Å².